The van der Waals surface area contributed by atoms with Crippen molar-refractivity contribution in [3.05, 3.63) is 21.7 Å². The Kier molecular flexibility index (Phi) is 3.35. The van der Waals surface area contributed by atoms with Gasteiger partial charge in [-0.1, -0.05) is 23.2 Å². The molecule has 0 amide bonds. The molecule has 0 bridgehead atoms. The summed E-state index contributed by atoms with van der Waals surface area (Å²) in [7, 11) is 0. The van der Waals surface area contributed by atoms with Gasteiger partial charge in [-0.3, -0.25) is 0 Å². The number of aromatic nitrogens is 2. The third-order valence-corrected chi connectivity index (χ3v) is 3.46. The molecule has 2 N–H and O–H groups in total. The van der Waals surface area contributed by atoms with Crippen LogP contribution in [0.25, 0.3) is 0 Å². The van der Waals surface area contributed by atoms with E-state index < -0.39 is 18.1 Å². The maximum absolute atomic E-state index is 9.80. The predicted octanol–water partition coefficient (Wildman–Crippen LogP) is 1.69. The van der Waals surface area contributed by atoms with Gasteiger partial charge in [0.25, 0.3) is 0 Å². The molecule has 0 aliphatic heterocycles. The number of halogens is 2. The van der Waals surface area contributed by atoms with E-state index in [-0.39, 0.29) is 10.3 Å². The number of aryl methyl sites for hydroxylation is 1. The van der Waals surface area contributed by atoms with Crippen molar-refractivity contribution in [1.29, 1.82) is 0 Å². The van der Waals surface area contributed by atoms with Gasteiger partial charge >= 0.3 is 0 Å². The van der Waals surface area contributed by atoms with Gasteiger partial charge in [0, 0.05) is 11.5 Å². The van der Waals surface area contributed by atoms with Crippen LogP contribution in [0.5, 0.6) is 0 Å². The molecule has 2 atom stereocenters. The smallest absolute Gasteiger partial charge is 0.137 e. The summed E-state index contributed by atoms with van der Waals surface area (Å²) in [4.78, 5) is 7.99. The van der Waals surface area contributed by atoms with E-state index in [9.17, 15) is 10.2 Å². The molecule has 1 aromatic rings. The topological polar surface area (TPSA) is 66.2 Å². The van der Waals surface area contributed by atoms with Gasteiger partial charge in [0.1, 0.15) is 16.1 Å². The fourth-order valence-corrected chi connectivity index (χ4v) is 2.86. The molecule has 2 rings (SSSR count). The number of aliphatic hydroxyl groups is 2. The van der Waals surface area contributed by atoms with Gasteiger partial charge in [0.05, 0.1) is 12.2 Å². The fourth-order valence-electron chi connectivity index (χ4n) is 2.13. The Hall–Kier alpha value is -0.420. The highest BCUT2D eigenvalue weighted by atomic mass is 35.5. The third-order valence-electron chi connectivity index (χ3n) is 2.89. The largest absolute Gasteiger partial charge is 0.392 e. The maximum atomic E-state index is 9.80. The molecule has 2 unspecified atom stereocenters. The zero-order valence-electron chi connectivity index (χ0n) is 8.69. The Morgan fingerprint density at radius 1 is 1.06 bits per heavy atom. The second-order valence-corrected chi connectivity index (χ2v) is 4.72. The summed E-state index contributed by atoms with van der Waals surface area (Å²) in [6.45, 7) is 1.68. The van der Waals surface area contributed by atoms with E-state index in [0.29, 0.717) is 24.2 Å². The van der Waals surface area contributed by atoms with Gasteiger partial charge in [-0.15, -0.1) is 0 Å². The minimum Gasteiger partial charge on any atom is -0.392 e. The van der Waals surface area contributed by atoms with Crippen LogP contribution >= 0.6 is 23.2 Å². The normalized spacial score (nSPS) is 29.7. The van der Waals surface area contributed by atoms with E-state index in [1.807, 2.05) is 0 Å². The van der Waals surface area contributed by atoms with Crippen molar-refractivity contribution in [1.82, 2.24) is 9.97 Å². The molecule has 1 aromatic heterocycles. The van der Waals surface area contributed by atoms with E-state index >= 15 is 0 Å². The highest BCUT2D eigenvalue weighted by Crippen LogP contribution is 2.40. The molecule has 4 nitrogen and oxygen atoms in total. The van der Waals surface area contributed by atoms with Gasteiger partial charge < -0.3 is 10.2 Å². The molecule has 6 heteroatoms. The molecule has 0 spiro atoms. The van der Waals surface area contributed by atoms with Crippen LogP contribution in [0.15, 0.2) is 0 Å². The van der Waals surface area contributed by atoms with Crippen LogP contribution in [0.2, 0.25) is 10.3 Å². The minimum absolute atomic E-state index is 0.211. The Morgan fingerprint density at radius 3 is 1.94 bits per heavy atom. The molecule has 16 heavy (non-hydrogen) atoms. The SMILES string of the molecule is Cc1nc(Cl)c(C2C(O)CCC2O)c(Cl)n1. The molecule has 0 saturated heterocycles. The lowest BCUT2D eigenvalue weighted by Gasteiger charge is -2.20. The lowest BCUT2D eigenvalue weighted by molar-refractivity contribution is 0.107. The van der Waals surface area contributed by atoms with Crippen LogP contribution < -0.4 is 0 Å². The average molecular weight is 263 g/mol. The second-order valence-electron chi connectivity index (χ2n) is 4.00. The Bertz CT molecular complexity index is 381. The first-order valence-corrected chi connectivity index (χ1v) is 5.82. The van der Waals surface area contributed by atoms with Crippen LogP contribution in [0.3, 0.4) is 0 Å². The van der Waals surface area contributed by atoms with Gasteiger partial charge in [-0.2, -0.15) is 0 Å². The number of rotatable bonds is 1. The number of hydrogen-bond donors (Lipinski definition) is 2. The summed E-state index contributed by atoms with van der Waals surface area (Å²) < 4.78 is 0. The van der Waals surface area contributed by atoms with Gasteiger partial charge in [-0.05, 0) is 19.8 Å². The molecule has 88 valence electrons. The van der Waals surface area contributed by atoms with Crippen LogP contribution in [-0.2, 0) is 0 Å². The molecule has 1 heterocycles. The number of nitrogens with zero attached hydrogens (tertiary/aromatic N) is 2. The summed E-state index contributed by atoms with van der Waals surface area (Å²) in [5, 5.41) is 20.0. The standard InChI is InChI=1S/C10H12Cl2N2O2/c1-4-13-9(11)8(10(12)14-4)7-5(15)2-3-6(7)16/h5-7,15-16H,2-3H2,1H3. The van der Waals surface area contributed by atoms with E-state index in [4.69, 9.17) is 23.2 Å². The van der Waals surface area contributed by atoms with Gasteiger partial charge in [-0.25, -0.2) is 9.97 Å². The highest BCUT2D eigenvalue weighted by Gasteiger charge is 2.38. The molecule has 1 fully saturated rings. The van der Waals surface area contributed by atoms with Crippen LogP contribution in [-0.4, -0.2) is 32.4 Å². The van der Waals surface area contributed by atoms with E-state index in [0.717, 1.165) is 0 Å². The summed E-state index contributed by atoms with van der Waals surface area (Å²) in [5.74, 6) is -0.0127. The molecule has 1 saturated carbocycles. The van der Waals surface area contributed by atoms with Crippen molar-refractivity contribution in [2.45, 2.75) is 37.9 Å². The highest BCUT2D eigenvalue weighted by molar-refractivity contribution is 6.34. The Balaban J connectivity index is 2.47. The number of aliphatic hydroxyl groups excluding tert-OH is 2. The lowest BCUT2D eigenvalue weighted by atomic mass is 9.96. The van der Waals surface area contributed by atoms with Crippen molar-refractivity contribution < 1.29 is 10.2 Å². The van der Waals surface area contributed by atoms with Crippen LogP contribution in [0.4, 0.5) is 0 Å². The molecule has 0 radical (unpaired) electrons. The Morgan fingerprint density at radius 2 is 1.50 bits per heavy atom. The molecular formula is C10H12Cl2N2O2. The second kappa shape index (κ2) is 4.45. The summed E-state index contributed by atoms with van der Waals surface area (Å²) >= 11 is 12.0. The minimum atomic E-state index is -0.642. The van der Waals surface area contributed by atoms with E-state index in [2.05, 4.69) is 9.97 Å². The van der Waals surface area contributed by atoms with Crippen molar-refractivity contribution in [2.75, 3.05) is 0 Å². The number of hydrogen-bond acceptors (Lipinski definition) is 4. The molecule has 1 aliphatic rings. The fraction of sp³-hybridized carbons (Fsp3) is 0.600. The first-order valence-electron chi connectivity index (χ1n) is 5.06. The van der Waals surface area contributed by atoms with E-state index in [1.165, 1.54) is 0 Å². The van der Waals surface area contributed by atoms with Crippen LogP contribution in [0, 0.1) is 6.92 Å². The lowest BCUT2D eigenvalue weighted by Crippen LogP contribution is -2.22. The average Bonchev–Trinajstić information content (AvgIpc) is 2.47. The van der Waals surface area contributed by atoms with Gasteiger partial charge in [0.15, 0.2) is 0 Å². The summed E-state index contributed by atoms with van der Waals surface area (Å²) in [5.41, 5.74) is 0.450. The monoisotopic (exact) mass is 262 g/mol. The van der Waals surface area contributed by atoms with Crippen molar-refractivity contribution in [3.63, 3.8) is 0 Å². The molecule has 0 aromatic carbocycles. The van der Waals surface area contributed by atoms with Crippen molar-refractivity contribution in [2.24, 2.45) is 0 Å². The summed E-state index contributed by atoms with van der Waals surface area (Å²) in [6.07, 6.45) is -0.216. The van der Waals surface area contributed by atoms with Crippen molar-refractivity contribution >= 4 is 23.2 Å². The van der Waals surface area contributed by atoms with Crippen LogP contribution in [0.1, 0.15) is 30.1 Å². The Labute approximate surface area is 103 Å². The third kappa shape index (κ3) is 2.02. The molecule has 1 aliphatic carbocycles. The zero-order valence-corrected chi connectivity index (χ0v) is 10.2. The predicted molar refractivity (Wildman–Crippen MR) is 60.8 cm³/mol. The summed E-state index contributed by atoms with van der Waals surface area (Å²) in [6, 6.07) is 0. The van der Waals surface area contributed by atoms with Crippen molar-refractivity contribution in [3.8, 4) is 0 Å². The first-order chi connectivity index (χ1) is 7.50. The zero-order chi connectivity index (χ0) is 11.9. The quantitative estimate of drug-likeness (QED) is 0.757. The van der Waals surface area contributed by atoms with Gasteiger partial charge in [0.2, 0.25) is 0 Å². The maximum Gasteiger partial charge on any atom is 0.137 e. The van der Waals surface area contributed by atoms with E-state index in [1.54, 1.807) is 6.92 Å². The first kappa shape index (κ1) is 12.0. The molecular weight excluding hydrogens is 251 g/mol.